The predicted octanol–water partition coefficient (Wildman–Crippen LogP) is 4.17. The van der Waals surface area contributed by atoms with E-state index in [9.17, 15) is 4.79 Å². The second-order valence-electron chi connectivity index (χ2n) is 7.81. The predicted molar refractivity (Wildman–Crippen MR) is 116 cm³/mol. The van der Waals surface area contributed by atoms with Gasteiger partial charge in [-0.2, -0.15) is 0 Å². The van der Waals surface area contributed by atoms with Crippen LogP contribution >= 0.6 is 0 Å². The summed E-state index contributed by atoms with van der Waals surface area (Å²) in [5, 5.41) is 9.00. The third-order valence-electron chi connectivity index (χ3n) is 6.19. The van der Waals surface area contributed by atoms with Gasteiger partial charge in [0.25, 0.3) is 0 Å². The van der Waals surface area contributed by atoms with Crippen LogP contribution in [0.15, 0.2) is 78.9 Å². The molecule has 2 atom stereocenters. The molecular weight excluding hydrogens is 376 g/mol. The highest BCUT2D eigenvalue weighted by Gasteiger charge is 2.74. The van der Waals surface area contributed by atoms with Gasteiger partial charge in [0, 0.05) is 5.41 Å². The van der Waals surface area contributed by atoms with Crippen molar-refractivity contribution in [3.63, 3.8) is 0 Å². The van der Waals surface area contributed by atoms with E-state index in [0.29, 0.717) is 12.2 Å². The molecule has 0 amide bonds. The van der Waals surface area contributed by atoms with Crippen LogP contribution in [0.2, 0.25) is 0 Å². The van der Waals surface area contributed by atoms with Gasteiger partial charge in [0.2, 0.25) is 0 Å². The number of esters is 1. The van der Waals surface area contributed by atoms with E-state index in [1.54, 1.807) is 0 Å². The van der Waals surface area contributed by atoms with E-state index in [4.69, 9.17) is 14.6 Å². The highest BCUT2D eigenvalue weighted by Crippen LogP contribution is 2.69. The van der Waals surface area contributed by atoms with Crippen molar-refractivity contribution >= 4 is 5.97 Å². The Kier molecular flexibility index (Phi) is 5.35. The molecule has 0 unspecified atom stereocenters. The van der Waals surface area contributed by atoms with Crippen molar-refractivity contribution in [1.29, 1.82) is 0 Å². The van der Waals surface area contributed by atoms with Gasteiger partial charge in [-0.05, 0) is 42.2 Å². The lowest BCUT2D eigenvalue weighted by molar-refractivity contribution is -0.144. The molecule has 154 valence electrons. The van der Waals surface area contributed by atoms with E-state index < -0.39 is 10.8 Å². The molecular formula is C26H26O4. The number of benzene rings is 3. The van der Waals surface area contributed by atoms with Crippen LogP contribution < -0.4 is 4.74 Å². The van der Waals surface area contributed by atoms with Crippen molar-refractivity contribution in [1.82, 2.24) is 0 Å². The molecule has 0 bridgehead atoms. The summed E-state index contributed by atoms with van der Waals surface area (Å²) in [7, 11) is 1.46. The largest absolute Gasteiger partial charge is 0.491 e. The molecule has 30 heavy (non-hydrogen) atoms. The molecule has 0 aliphatic heterocycles. The van der Waals surface area contributed by atoms with Crippen molar-refractivity contribution in [2.24, 2.45) is 0 Å². The standard InChI is InChI=1S/C26H26O4/c1-19-8-10-22(11-9-19)26(24(28)29-2)18-25(26,20-6-4-3-5-7-20)21-12-14-23(15-13-21)30-17-16-27/h3-15,27H,16-18H2,1-2H3/t25-,26-/m1/s1. The number of carbonyl (C=O) groups excluding carboxylic acids is 1. The monoisotopic (exact) mass is 402 g/mol. The van der Waals surface area contributed by atoms with E-state index in [1.165, 1.54) is 7.11 Å². The molecule has 0 saturated heterocycles. The highest BCUT2D eigenvalue weighted by atomic mass is 16.5. The van der Waals surface area contributed by atoms with E-state index in [-0.39, 0.29) is 19.2 Å². The molecule has 3 aromatic rings. The first kappa shape index (κ1) is 20.2. The lowest BCUT2D eigenvalue weighted by atomic mass is 9.77. The molecule has 4 nitrogen and oxygen atoms in total. The molecule has 0 heterocycles. The van der Waals surface area contributed by atoms with Crippen LogP contribution in [0.5, 0.6) is 5.75 Å². The summed E-state index contributed by atoms with van der Waals surface area (Å²) in [6.07, 6.45) is 0.636. The topological polar surface area (TPSA) is 55.8 Å². The van der Waals surface area contributed by atoms with Gasteiger partial charge in [-0.1, -0.05) is 72.3 Å². The zero-order valence-corrected chi connectivity index (χ0v) is 17.3. The zero-order chi connectivity index (χ0) is 21.2. The van der Waals surface area contributed by atoms with E-state index in [1.807, 2.05) is 73.7 Å². The van der Waals surface area contributed by atoms with Crippen LogP contribution in [-0.2, 0) is 20.4 Å². The highest BCUT2D eigenvalue weighted by molar-refractivity contribution is 5.93. The minimum absolute atomic E-state index is 0.0332. The van der Waals surface area contributed by atoms with Gasteiger partial charge in [0.1, 0.15) is 17.8 Å². The molecule has 0 radical (unpaired) electrons. The smallest absolute Gasteiger partial charge is 0.317 e. The maximum Gasteiger partial charge on any atom is 0.317 e. The minimum atomic E-state index is -0.787. The molecule has 0 aromatic heterocycles. The summed E-state index contributed by atoms with van der Waals surface area (Å²) in [6, 6.07) is 26.1. The number of hydrogen-bond acceptors (Lipinski definition) is 4. The summed E-state index contributed by atoms with van der Waals surface area (Å²) >= 11 is 0. The molecule has 4 heteroatoms. The third kappa shape index (κ3) is 3.08. The van der Waals surface area contributed by atoms with Crippen LogP contribution in [0.3, 0.4) is 0 Å². The summed E-state index contributed by atoms with van der Waals surface area (Å²) in [4.78, 5) is 13.3. The SMILES string of the molecule is COC(=O)[C@]1(c2ccc(C)cc2)C[C@@]1(c1ccccc1)c1ccc(OCCO)cc1. The van der Waals surface area contributed by atoms with Crippen molar-refractivity contribution in [3.8, 4) is 5.75 Å². The fraction of sp³-hybridized carbons (Fsp3) is 0.269. The zero-order valence-electron chi connectivity index (χ0n) is 17.3. The Morgan fingerprint density at radius 2 is 1.50 bits per heavy atom. The summed E-state index contributed by atoms with van der Waals surface area (Å²) in [5.74, 6) is 0.464. The maximum absolute atomic E-state index is 13.3. The first-order valence-electron chi connectivity index (χ1n) is 10.1. The van der Waals surface area contributed by atoms with Crippen LogP contribution in [0.1, 0.15) is 28.7 Å². The van der Waals surface area contributed by atoms with Crippen LogP contribution in [-0.4, -0.2) is 31.4 Å². The third-order valence-corrected chi connectivity index (χ3v) is 6.19. The Balaban J connectivity index is 1.87. The first-order chi connectivity index (χ1) is 14.6. The number of aliphatic hydroxyl groups is 1. The van der Waals surface area contributed by atoms with E-state index in [2.05, 4.69) is 12.1 Å². The Morgan fingerprint density at radius 3 is 2.10 bits per heavy atom. The molecule has 1 aliphatic rings. The van der Waals surface area contributed by atoms with E-state index >= 15 is 0 Å². The quantitative estimate of drug-likeness (QED) is 0.603. The Morgan fingerprint density at radius 1 is 0.900 bits per heavy atom. The van der Waals surface area contributed by atoms with Crippen LogP contribution in [0, 0.1) is 6.92 Å². The van der Waals surface area contributed by atoms with Crippen molar-refractivity contribution in [2.75, 3.05) is 20.3 Å². The van der Waals surface area contributed by atoms with Crippen LogP contribution in [0.25, 0.3) is 0 Å². The fourth-order valence-corrected chi connectivity index (χ4v) is 4.66. The Bertz CT molecular complexity index is 1010. The average Bonchev–Trinajstić information content (AvgIpc) is 3.51. The Labute approximate surface area is 177 Å². The van der Waals surface area contributed by atoms with Gasteiger partial charge in [-0.15, -0.1) is 0 Å². The number of rotatable bonds is 7. The molecule has 0 spiro atoms. The second kappa shape index (κ2) is 7.96. The molecule has 3 aromatic carbocycles. The average molecular weight is 402 g/mol. The number of aliphatic hydroxyl groups excluding tert-OH is 1. The lowest BCUT2D eigenvalue weighted by Crippen LogP contribution is -2.32. The molecule has 1 N–H and O–H groups in total. The Hall–Kier alpha value is -3.11. The number of methoxy groups -OCH3 is 1. The number of ether oxygens (including phenoxy) is 2. The fourth-order valence-electron chi connectivity index (χ4n) is 4.66. The molecule has 1 fully saturated rings. The summed E-state index contributed by atoms with van der Waals surface area (Å²) in [5.41, 5.74) is 2.92. The van der Waals surface area contributed by atoms with Crippen molar-refractivity contribution in [3.05, 3.63) is 101 Å². The minimum Gasteiger partial charge on any atom is -0.491 e. The van der Waals surface area contributed by atoms with Gasteiger partial charge < -0.3 is 14.6 Å². The molecule has 1 aliphatic carbocycles. The van der Waals surface area contributed by atoms with Crippen LogP contribution in [0.4, 0.5) is 0 Å². The normalized spacial score (nSPS) is 22.4. The van der Waals surface area contributed by atoms with E-state index in [0.717, 1.165) is 22.3 Å². The second-order valence-corrected chi connectivity index (χ2v) is 7.81. The summed E-state index contributed by atoms with van der Waals surface area (Å²) in [6.45, 7) is 2.25. The first-order valence-corrected chi connectivity index (χ1v) is 10.1. The van der Waals surface area contributed by atoms with Crippen molar-refractivity contribution < 1.29 is 19.4 Å². The van der Waals surface area contributed by atoms with Gasteiger partial charge in [0.15, 0.2) is 0 Å². The van der Waals surface area contributed by atoms with Crippen molar-refractivity contribution in [2.45, 2.75) is 24.2 Å². The van der Waals surface area contributed by atoms with Gasteiger partial charge >= 0.3 is 5.97 Å². The molecule has 1 saturated carbocycles. The van der Waals surface area contributed by atoms with Gasteiger partial charge in [0.05, 0.1) is 13.7 Å². The van der Waals surface area contributed by atoms with Gasteiger partial charge in [-0.25, -0.2) is 0 Å². The molecule has 4 rings (SSSR count). The number of hydrogen-bond donors (Lipinski definition) is 1. The lowest BCUT2D eigenvalue weighted by Gasteiger charge is -2.26. The maximum atomic E-state index is 13.3. The number of carbonyl (C=O) groups is 1. The summed E-state index contributed by atoms with van der Waals surface area (Å²) < 4.78 is 10.9. The number of aryl methyl sites for hydroxylation is 1. The van der Waals surface area contributed by atoms with Gasteiger partial charge in [-0.3, -0.25) is 4.79 Å².